The van der Waals surface area contributed by atoms with Crippen molar-refractivity contribution in [3.05, 3.63) is 24.3 Å². The maximum Gasteiger partial charge on any atom is 0.262 e. The van der Waals surface area contributed by atoms with Crippen LogP contribution in [0.4, 0.5) is 0 Å². The molecule has 1 fully saturated rings. The van der Waals surface area contributed by atoms with E-state index >= 15 is 0 Å². The molecule has 0 aliphatic carbocycles. The Balaban J connectivity index is 1.77. The van der Waals surface area contributed by atoms with Crippen LogP contribution in [0, 0.1) is 0 Å². The molecule has 1 N–H and O–H groups in total. The van der Waals surface area contributed by atoms with Crippen molar-refractivity contribution in [3.8, 4) is 5.75 Å². The first-order valence-corrected chi connectivity index (χ1v) is 8.18. The first kappa shape index (κ1) is 16.2. The fourth-order valence-electron chi connectivity index (χ4n) is 1.92. The number of hydrogen-bond acceptors (Lipinski definition) is 6. The molecule has 1 saturated heterocycles. The maximum atomic E-state index is 12.0. The fraction of sp³-hybridized carbons (Fsp3) is 0.538. The van der Waals surface area contributed by atoms with Crippen LogP contribution in [0.2, 0.25) is 0 Å². The van der Waals surface area contributed by atoms with Gasteiger partial charge in [-0.05, 0) is 24.3 Å². The molecule has 21 heavy (non-hydrogen) atoms. The molecule has 1 aliphatic rings. The molecule has 1 heterocycles. The Labute approximate surface area is 124 Å². The van der Waals surface area contributed by atoms with Gasteiger partial charge in [0.15, 0.2) is 0 Å². The minimum absolute atomic E-state index is 0.134. The van der Waals surface area contributed by atoms with E-state index in [1.807, 2.05) is 0 Å². The van der Waals surface area contributed by atoms with Crippen LogP contribution in [0.25, 0.3) is 0 Å². The van der Waals surface area contributed by atoms with E-state index in [0.29, 0.717) is 25.5 Å². The molecule has 7 nitrogen and oxygen atoms in total. The highest BCUT2D eigenvalue weighted by Crippen LogP contribution is 2.15. The quantitative estimate of drug-likeness (QED) is 0.573. The normalized spacial score (nSPS) is 16.8. The van der Waals surface area contributed by atoms with Gasteiger partial charge in [-0.25, -0.2) is 8.42 Å². The Bertz CT molecular complexity index is 526. The van der Waals surface area contributed by atoms with Crippen LogP contribution in [0.15, 0.2) is 29.2 Å². The number of rotatable bonds is 7. The van der Waals surface area contributed by atoms with Crippen molar-refractivity contribution in [2.24, 2.45) is 0 Å². The topological polar surface area (TPSA) is 77.1 Å². The first-order chi connectivity index (χ1) is 10.1. The van der Waals surface area contributed by atoms with Gasteiger partial charge in [-0.3, -0.25) is 9.74 Å². The molecule has 0 atom stereocenters. The lowest BCUT2D eigenvalue weighted by atomic mass is 10.3. The van der Waals surface area contributed by atoms with E-state index in [-0.39, 0.29) is 11.5 Å². The van der Waals surface area contributed by atoms with Gasteiger partial charge in [-0.15, -0.1) is 0 Å². The zero-order chi connectivity index (χ0) is 15.1. The highest BCUT2D eigenvalue weighted by atomic mass is 32.2. The summed E-state index contributed by atoms with van der Waals surface area (Å²) in [7, 11) is -2.13. The van der Waals surface area contributed by atoms with Gasteiger partial charge in [0.2, 0.25) is 0 Å². The van der Waals surface area contributed by atoms with Gasteiger partial charge >= 0.3 is 0 Å². The molecule has 0 radical (unpaired) electrons. The predicted molar refractivity (Wildman–Crippen MR) is 76.5 cm³/mol. The van der Waals surface area contributed by atoms with Crippen molar-refractivity contribution < 1.29 is 22.7 Å². The molecule has 1 aromatic carbocycles. The zero-order valence-electron chi connectivity index (χ0n) is 11.9. The number of nitrogens with zero attached hydrogens (tertiary/aromatic N) is 1. The summed E-state index contributed by atoms with van der Waals surface area (Å²) in [4.78, 5) is 9.48. The van der Waals surface area contributed by atoms with Crippen LogP contribution in [0.3, 0.4) is 0 Å². The molecule has 2 rings (SSSR count). The van der Waals surface area contributed by atoms with Crippen molar-refractivity contribution >= 4 is 10.0 Å². The van der Waals surface area contributed by atoms with E-state index in [9.17, 15) is 8.42 Å². The smallest absolute Gasteiger partial charge is 0.262 e. The lowest BCUT2D eigenvalue weighted by Crippen LogP contribution is -2.39. The molecule has 0 saturated carbocycles. The standard InChI is InChI=1S/C13H20N2O5S/c1-18-12-2-4-13(5-3-12)21(16,17)14-20-11-8-15-6-9-19-10-7-15/h2-5,14H,6-11H2,1H3. The van der Waals surface area contributed by atoms with Crippen molar-refractivity contribution in [2.45, 2.75) is 4.90 Å². The van der Waals surface area contributed by atoms with Crippen LogP contribution in [-0.4, -0.2) is 59.9 Å². The van der Waals surface area contributed by atoms with Crippen LogP contribution in [0.1, 0.15) is 0 Å². The van der Waals surface area contributed by atoms with E-state index in [1.165, 1.54) is 19.2 Å². The van der Waals surface area contributed by atoms with E-state index in [2.05, 4.69) is 9.79 Å². The molecular formula is C13H20N2O5S. The number of hydrogen-bond donors (Lipinski definition) is 1. The van der Waals surface area contributed by atoms with E-state index in [0.717, 1.165) is 13.1 Å². The molecule has 0 aromatic heterocycles. The van der Waals surface area contributed by atoms with Crippen molar-refractivity contribution in [1.82, 2.24) is 9.79 Å². The summed E-state index contributed by atoms with van der Waals surface area (Å²) in [6.07, 6.45) is 0. The monoisotopic (exact) mass is 316 g/mol. The van der Waals surface area contributed by atoms with Gasteiger partial charge in [-0.2, -0.15) is 0 Å². The molecule has 1 aliphatic heterocycles. The molecule has 0 unspecified atom stereocenters. The molecule has 0 bridgehead atoms. The molecule has 1 aromatic rings. The van der Waals surface area contributed by atoms with Crippen LogP contribution < -0.4 is 9.62 Å². The van der Waals surface area contributed by atoms with Gasteiger partial charge < -0.3 is 9.47 Å². The van der Waals surface area contributed by atoms with Gasteiger partial charge in [0.05, 0.1) is 31.8 Å². The van der Waals surface area contributed by atoms with Gasteiger partial charge in [0, 0.05) is 19.6 Å². The molecule has 0 spiro atoms. The fourth-order valence-corrected chi connectivity index (χ4v) is 2.75. The van der Waals surface area contributed by atoms with Gasteiger partial charge in [-0.1, -0.05) is 4.89 Å². The minimum atomic E-state index is -3.66. The average molecular weight is 316 g/mol. The van der Waals surface area contributed by atoms with Crippen LogP contribution in [-0.2, 0) is 19.6 Å². The number of methoxy groups -OCH3 is 1. The lowest BCUT2D eigenvalue weighted by molar-refractivity contribution is 0.0125. The predicted octanol–water partition coefficient (Wildman–Crippen LogP) is 0.237. The summed E-state index contributed by atoms with van der Waals surface area (Å²) >= 11 is 0. The summed E-state index contributed by atoms with van der Waals surface area (Å²) in [6.45, 7) is 4.04. The second-order valence-corrected chi connectivity index (χ2v) is 6.21. The number of morpholine rings is 1. The first-order valence-electron chi connectivity index (χ1n) is 6.69. The van der Waals surface area contributed by atoms with Crippen molar-refractivity contribution in [3.63, 3.8) is 0 Å². The van der Waals surface area contributed by atoms with Crippen molar-refractivity contribution in [1.29, 1.82) is 0 Å². The Hall–Kier alpha value is -1.19. The summed E-state index contributed by atoms with van der Waals surface area (Å²) < 4.78 is 34.2. The highest BCUT2D eigenvalue weighted by molar-refractivity contribution is 7.89. The Morgan fingerprint density at radius 1 is 1.24 bits per heavy atom. The summed E-state index contributed by atoms with van der Waals surface area (Å²) in [5.41, 5.74) is 0. The Morgan fingerprint density at radius 2 is 1.90 bits per heavy atom. The average Bonchev–Trinajstić information content (AvgIpc) is 2.53. The second kappa shape index (κ2) is 7.71. The molecular weight excluding hydrogens is 296 g/mol. The third-order valence-corrected chi connectivity index (χ3v) is 4.38. The van der Waals surface area contributed by atoms with Crippen LogP contribution >= 0.6 is 0 Å². The third kappa shape index (κ3) is 4.94. The van der Waals surface area contributed by atoms with E-state index in [1.54, 1.807) is 12.1 Å². The Morgan fingerprint density at radius 3 is 2.52 bits per heavy atom. The van der Waals surface area contributed by atoms with E-state index < -0.39 is 10.0 Å². The largest absolute Gasteiger partial charge is 0.497 e. The Kier molecular flexibility index (Phi) is 5.95. The lowest BCUT2D eigenvalue weighted by Gasteiger charge is -2.26. The molecule has 118 valence electrons. The van der Waals surface area contributed by atoms with Gasteiger partial charge in [0.25, 0.3) is 10.0 Å². The number of nitrogens with one attached hydrogen (secondary N) is 1. The summed E-state index contributed by atoms with van der Waals surface area (Å²) in [5, 5.41) is 0. The molecule has 0 amide bonds. The van der Waals surface area contributed by atoms with Gasteiger partial charge in [0.1, 0.15) is 5.75 Å². The SMILES string of the molecule is COc1ccc(S(=O)(=O)NOCCN2CCOCC2)cc1. The van der Waals surface area contributed by atoms with Crippen LogP contribution in [0.5, 0.6) is 5.75 Å². The zero-order valence-corrected chi connectivity index (χ0v) is 12.8. The maximum absolute atomic E-state index is 12.0. The highest BCUT2D eigenvalue weighted by Gasteiger charge is 2.15. The third-order valence-electron chi connectivity index (χ3n) is 3.15. The summed E-state index contributed by atoms with van der Waals surface area (Å²) in [5.74, 6) is 0.599. The number of ether oxygens (including phenoxy) is 2. The molecule has 8 heteroatoms. The number of benzene rings is 1. The van der Waals surface area contributed by atoms with Crippen molar-refractivity contribution in [2.75, 3.05) is 46.6 Å². The van der Waals surface area contributed by atoms with E-state index in [4.69, 9.17) is 14.3 Å². The number of sulfonamides is 1. The summed E-state index contributed by atoms with van der Waals surface area (Å²) in [6, 6.07) is 6.10. The second-order valence-electron chi connectivity index (χ2n) is 4.56. The minimum Gasteiger partial charge on any atom is -0.497 e.